The van der Waals surface area contributed by atoms with Crippen LogP contribution in [0.15, 0.2) is 35.7 Å². The largest absolute Gasteiger partial charge is 0.348 e. The lowest BCUT2D eigenvalue weighted by Gasteiger charge is -2.35. The highest BCUT2D eigenvalue weighted by atomic mass is 35.5. The van der Waals surface area contributed by atoms with Gasteiger partial charge in [-0.05, 0) is 48.1 Å². The highest BCUT2D eigenvalue weighted by Gasteiger charge is 2.30. The van der Waals surface area contributed by atoms with Gasteiger partial charge in [-0.2, -0.15) is 5.10 Å². The normalized spacial score (nSPS) is 14.9. The predicted octanol–water partition coefficient (Wildman–Crippen LogP) is 3.87. The summed E-state index contributed by atoms with van der Waals surface area (Å²) in [5.74, 6) is -0.571. The summed E-state index contributed by atoms with van der Waals surface area (Å²) < 4.78 is 0. The number of amides is 1. The molecule has 1 aromatic carbocycles. The van der Waals surface area contributed by atoms with E-state index >= 15 is 0 Å². The second-order valence-electron chi connectivity index (χ2n) is 7.17. The van der Waals surface area contributed by atoms with Crippen LogP contribution in [0.5, 0.6) is 0 Å². The Kier molecular flexibility index (Phi) is 5.85. The summed E-state index contributed by atoms with van der Waals surface area (Å²) in [7, 11) is 0. The van der Waals surface area contributed by atoms with Crippen LogP contribution >= 0.6 is 22.9 Å². The zero-order valence-electron chi connectivity index (χ0n) is 16.2. The van der Waals surface area contributed by atoms with Crippen LogP contribution in [0.3, 0.4) is 0 Å². The smallest absolute Gasteiger partial charge is 0.322 e. The number of H-pyrrole nitrogens is 1. The lowest BCUT2D eigenvalue weighted by Crippen LogP contribution is -2.40. The number of rotatable bonds is 6. The minimum Gasteiger partial charge on any atom is -0.348 e. The van der Waals surface area contributed by atoms with Crippen LogP contribution in [0, 0.1) is 17.0 Å². The van der Waals surface area contributed by atoms with Crippen molar-refractivity contribution < 1.29 is 9.72 Å². The van der Waals surface area contributed by atoms with Crippen molar-refractivity contribution in [2.75, 3.05) is 13.1 Å². The number of nitrogens with zero attached hydrogens (tertiary/aromatic N) is 3. The topological polar surface area (TPSA) is 104 Å². The van der Waals surface area contributed by atoms with Crippen LogP contribution in [-0.2, 0) is 13.0 Å². The Balaban J connectivity index is 1.55. The molecule has 1 unspecified atom stereocenters. The molecule has 0 fully saturated rings. The molecule has 2 N–H and O–H groups in total. The van der Waals surface area contributed by atoms with Crippen LogP contribution in [0.4, 0.5) is 5.69 Å². The Bertz CT molecular complexity index is 1080. The number of aromatic nitrogens is 2. The number of nitro groups is 1. The molecule has 2 aromatic heterocycles. The van der Waals surface area contributed by atoms with Gasteiger partial charge in [0.05, 0.1) is 11.0 Å². The molecule has 1 aliphatic heterocycles. The van der Waals surface area contributed by atoms with Gasteiger partial charge in [-0.3, -0.25) is 24.9 Å². The van der Waals surface area contributed by atoms with Crippen LogP contribution < -0.4 is 5.32 Å². The molecule has 3 heterocycles. The van der Waals surface area contributed by atoms with Crippen molar-refractivity contribution in [2.24, 2.45) is 0 Å². The first-order valence-corrected chi connectivity index (χ1v) is 10.7. The van der Waals surface area contributed by atoms with Crippen LogP contribution in [0.25, 0.3) is 0 Å². The number of hydrogen-bond acceptors (Lipinski definition) is 6. The monoisotopic (exact) mass is 445 g/mol. The lowest BCUT2D eigenvalue weighted by atomic mass is 10.0. The standard InChI is InChI=1S/C20H20ClN5O3S/c1-12-19(26(28)29)18(24-23-12)20(27)22-10-16(13-2-4-15(21)5-3-13)25-8-6-17-14(11-25)7-9-30-17/h2-5,7,9,16H,6,8,10-11H2,1H3,(H,22,27)(H,23,24). The second-order valence-corrected chi connectivity index (χ2v) is 8.61. The fourth-order valence-electron chi connectivity index (χ4n) is 3.76. The van der Waals surface area contributed by atoms with E-state index < -0.39 is 10.8 Å². The maximum Gasteiger partial charge on any atom is 0.322 e. The van der Waals surface area contributed by atoms with Crippen LogP contribution in [0.2, 0.25) is 5.02 Å². The summed E-state index contributed by atoms with van der Waals surface area (Å²) in [5.41, 5.74) is 2.07. The Hall–Kier alpha value is -2.75. The highest BCUT2D eigenvalue weighted by molar-refractivity contribution is 7.10. The molecular weight excluding hydrogens is 426 g/mol. The zero-order chi connectivity index (χ0) is 21.3. The number of carbonyl (C=O) groups excluding carboxylic acids is 1. The van der Waals surface area contributed by atoms with Gasteiger partial charge in [0.15, 0.2) is 0 Å². The Morgan fingerprint density at radius 3 is 2.90 bits per heavy atom. The fourth-order valence-corrected chi connectivity index (χ4v) is 4.77. The molecule has 30 heavy (non-hydrogen) atoms. The number of nitrogens with one attached hydrogen (secondary N) is 2. The molecule has 1 amide bonds. The minimum atomic E-state index is -0.590. The molecule has 10 heteroatoms. The Morgan fingerprint density at radius 1 is 1.40 bits per heavy atom. The van der Waals surface area contributed by atoms with E-state index in [0.717, 1.165) is 25.1 Å². The number of aromatic amines is 1. The third-order valence-corrected chi connectivity index (χ3v) is 6.58. The number of aryl methyl sites for hydroxylation is 1. The average molecular weight is 446 g/mol. The molecule has 0 bridgehead atoms. The molecule has 4 rings (SSSR count). The quantitative estimate of drug-likeness (QED) is 0.442. The minimum absolute atomic E-state index is 0.0987. The molecule has 156 valence electrons. The van der Waals surface area contributed by atoms with Gasteiger partial charge in [-0.1, -0.05) is 23.7 Å². The van der Waals surface area contributed by atoms with E-state index in [-0.39, 0.29) is 23.1 Å². The molecule has 1 atom stereocenters. The number of halogens is 1. The van der Waals surface area contributed by atoms with Crippen LogP contribution in [0.1, 0.15) is 38.2 Å². The summed E-state index contributed by atoms with van der Waals surface area (Å²) in [6.45, 7) is 3.45. The molecule has 3 aromatic rings. The molecule has 1 aliphatic rings. The maximum atomic E-state index is 12.7. The van der Waals surface area contributed by atoms with E-state index in [1.807, 2.05) is 24.3 Å². The highest BCUT2D eigenvalue weighted by Crippen LogP contribution is 2.31. The number of thiophene rings is 1. The van der Waals surface area contributed by atoms with Gasteiger partial charge < -0.3 is 5.32 Å². The van der Waals surface area contributed by atoms with E-state index in [2.05, 4.69) is 31.9 Å². The summed E-state index contributed by atoms with van der Waals surface area (Å²) in [5, 5.41) is 23.2. The van der Waals surface area contributed by atoms with Crippen LogP contribution in [-0.4, -0.2) is 39.0 Å². The van der Waals surface area contributed by atoms with Crippen molar-refractivity contribution in [3.8, 4) is 0 Å². The van der Waals surface area contributed by atoms with Crippen molar-refractivity contribution in [1.82, 2.24) is 20.4 Å². The maximum absolute atomic E-state index is 12.7. The number of hydrogen-bond donors (Lipinski definition) is 2. The summed E-state index contributed by atoms with van der Waals surface area (Å²) in [6, 6.07) is 9.59. The molecule has 0 saturated carbocycles. The number of benzene rings is 1. The van der Waals surface area contributed by atoms with E-state index in [1.165, 1.54) is 17.4 Å². The third-order valence-electron chi connectivity index (χ3n) is 5.30. The van der Waals surface area contributed by atoms with Crippen molar-refractivity contribution in [2.45, 2.75) is 25.9 Å². The first kappa shape index (κ1) is 20.5. The first-order chi connectivity index (χ1) is 14.4. The van der Waals surface area contributed by atoms with Crippen molar-refractivity contribution in [1.29, 1.82) is 0 Å². The fraction of sp³-hybridized carbons (Fsp3) is 0.300. The van der Waals surface area contributed by atoms with Gasteiger partial charge in [0.2, 0.25) is 5.69 Å². The lowest BCUT2D eigenvalue weighted by molar-refractivity contribution is -0.385. The summed E-state index contributed by atoms with van der Waals surface area (Å²) in [4.78, 5) is 27.1. The number of carbonyl (C=O) groups is 1. The van der Waals surface area contributed by atoms with Gasteiger partial charge in [-0.15, -0.1) is 11.3 Å². The first-order valence-electron chi connectivity index (χ1n) is 9.46. The van der Waals surface area contributed by atoms with Crippen molar-refractivity contribution in [3.63, 3.8) is 0 Å². The van der Waals surface area contributed by atoms with Crippen molar-refractivity contribution in [3.05, 3.63) is 78.2 Å². The molecule has 0 radical (unpaired) electrons. The Morgan fingerprint density at radius 2 is 2.17 bits per heavy atom. The zero-order valence-corrected chi connectivity index (χ0v) is 17.8. The van der Waals surface area contributed by atoms with E-state index in [1.54, 1.807) is 11.3 Å². The average Bonchev–Trinajstić information content (AvgIpc) is 3.35. The Labute approximate surface area is 182 Å². The van der Waals surface area contributed by atoms with Gasteiger partial charge in [0, 0.05) is 29.5 Å². The number of fused-ring (bicyclic) bond motifs is 1. The predicted molar refractivity (Wildman–Crippen MR) is 115 cm³/mol. The molecule has 0 aliphatic carbocycles. The van der Waals surface area contributed by atoms with Gasteiger partial charge in [0.25, 0.3) is 5.91 Å². The van der Waals surface area contributed by atoms with E-state index in [9.17, 15) is 14.9 Å². The van der Waals surface area contributed by atoms with Gasteiger partial charge in [-0.25, -0.2) is 0 Å². The van der Waals surface area contributed by atoms with E-state index in [0.29, 0.717) is 11.6 Å². The molecule has 8 nitrogen and oxygen atoms in total. The molecule has 0 saturated heterocycles. The summed E-state index contributed by atoms with van der Waals surface area (Å²) >= 11 is 7.82. The molecular formula is C20H20ClN5O3S. The second kappa shape index (κ2) is 8.55. The van der Waals surface area contributed by atoms with Gasteiger partial charge >= 0.3 is 5.69 Å². The summed E-state index contributed by atoms with van der Waals surface area (Å²) in [6.07, 6.45) is 0.953. The van der Waals surface area contributed by atoms with Crippen molar-refractivity contribution >= 4 is 34.5 Å². The third kappa shape index (κ3) is 4.09. The van der Waals surface area contributed by atoms with E-state index in [4.69, 9.17) is 11.6 Å². The SMILES string of the molecule is Cc1[nH]nc(C(=O)NCC(c2ccc(Cl)cc2)N2CCc3sccc3C2)c1[N+](=O)[O-]. The molecule has 0 spiro atoms. The van der Waals surface area contributed by atoms with Gasteiger partial charge in [0.1, 0.15) is 5.69 Å².